The summed E-state index contributed by atoms with van der Waals surface area (Å²) in [6.07, 6.45) is 0.179. The first-order valence-electron chi connectivity index (χ1n) is 24.8. The fourth-order valence-corrected chi connectivity index (χ4v) is 7.62. The standard InChI is InChI=1S/C26H36ClN5O4.C26H36FN5O4.C2H6/c2*1-15-23(22-16(2)32-36-17(22)3)30-25(31-24(15)29-11-10-26(4,5)34-7)20-12-19(8-9-21(20)27)35-14-18(33)13-28-6;1-2/h2*8-9,12,18,28,33H,10-11,13-14H2,1-7H3,(H,29,30,31);1-2H3. The van der Waals surface area contributed by atoms with Crippen LogP contribution in [0.4, 0.5) is 16.0 Å². The Morgan fingerprint density at radius 1 is 0.635 bits per heavy atom. The van der Waals surface area contributed by atoms with Gasteiger partial charge in [-0.3, -0.25) is 0 Å². The van der Waals surface area contributed by atoms with E-state index in [-0.39, 0.29) is 35.8 Å². The Labute approximate surface area is 440 Å². The van der Waals surface area contributed by atoms with Crippen LogP contribution in [0.25, 0.3) is 45.3 Å². The second kappa shape index (κ2) is 28.2. The van der Waals surface area contributed by atoms with Gasteiger partial charge in [-0.15, -0.1) is 0 Å². The monoisotopic (exact) mass is 1050 g/mol. The first-order valence-corrected chi connectivity index (χ1v) is 25.2. The molecule has 0 spiro atoms. The van der Waals surface area contributed by atoms with Crippen LogP contribution >= 0.6 is 11.6 Å². The lowest BCUT2D eigenvalue weighted by atomic mass is 10.0. The molecule has 2 unspecified atom stereocenters. The van der Waals surface area contributed by atoms with Crippen molar-refractivity contribution in [1.29, 1.82) is 0 Å². The Morgan fingerprint density at radius 2 is 1.04 bits per heavy atom. The second-order valence-corrected chi connectivity index (χ2v) is 19.2. The maximum atomic E-state index is 15.0. The molecule has 0 aliphatic carbocycles. The SMILES string of the molecule is CC.CNCC(O)COc1ccc(Cl)c(-c2nc(NCCC(C)(C)OC)c(C)c(-c3c(C)noc3C)n2)c1.CNCC(O)COc1ccc(F)c(-c2nc(NCCC(C)(C)OC)c(C)c(-c3c(C)noc3C)n2)c1. The Bertz CT molecular complexity index is 2510. The third kappa shape index (κ3) is 16.6. The topological polar surface area (TPSA) is 229 Å². The summed E-state index contributed by atoms with van der Waals surface area (Å²) < 4.78 is 48.4. The van der Waals surface area contributed by atoms with E-state index in [9.17, 15) is 10.2 Å². The average molecular weight is 1050 g/mol. The molecule has 18 nitrogen and oxygen atoms in total. The van der Waals surface area contributed by atoms with E-state index in [1.807, 2.05) is 83.1 Å². The molecule has 6 N–H and O–H groups in total. The van der Waals surface area contributed by atoms with Gasteiger partial charge < -0.3 is 59.5 Å². The maximum absolute atomic E-state index is 15.0. The number of hydrogen-bond donors (Lipinski definition) is 6. The zero-order chi connectivity index (χ0) is 54.9. The van der Waals surface area contributed by atoms with Crippen molar-refractivity contribution in [3.63, 3.8) is 0 Å². The van der Waals surface area contributed by atoms with Gasteiger partial charge in [-0.25, -0.2) is 24.3 Å². The number of nitrogens with zero attached hydrogens (tertiary/aromatic N) is 6. The van der Waals surface area contributed by atoms with Crippen molar-refractivity contribution in [2.24, 2.45) is 0 Å². The minimum atomic E-state index is -0.697. The van der Waals surface area contributed by atoms with Crippen molar-refractivity contribution in [1.82, 2.24) is 40.9 Å². The predicted octanol–water partition coefficient (Wildman–Crippen LogP) is 9.64. The smallest absolute Gasteiger partial charge is 0.165 e. The number of benzene rings is 2. The van der Waals surface area contributed by atoms with Crippen LogP contribution in [0.15, 0.2) is 45.4 Å². The second-order valence-electron chi connectivity index (χ2n) is 18.7. The quantitative estimate of drug-likeness (QED) is 0.0331. The minimum Gasteiger partial charge on any atom is -0.491 e. The lowest BCUT2D eigenvalue weighted by molar-refractivity contribution is 0.0182. The number of anilines is 2. The Hall–Kier alpha value is -5.80. The predicted molar refractivity (Wildman–Crippen MR) is 290 cm³/mol. The van der Waals surface area contributed by atoms with Crippen LogP contribution in [0.1, 0.15) is 88.4 Å². The summed E-state index contributed by atoms with van der Waals surface area (Å²) in [5, 5.41) is 41.2. The number of aromatic nitrogens is 6. The summed E-state index contributed by atoms with van der Waals surface area (Å²) in [5.74, 6) is 3.67. The Kier molecular flexibility index (Phi) is 23.1. The van der Waals surface area contributed by atoms with Crippen LogP contribution in [0.2, 0.25) is 5.02 Å². The summed E-state index contributed by atoms with van der Waals surface area (Å²) in [6, 6.07) is 9.65. The van der Waals surface area contributed by atoms with E-state index in [0.717, 1.165) is 46.5 Å². The average Bonchev–Trinajstić information content (AvgIpc) is 3.89. The first kappa shape index (κ1) is 60.8. The highest BCUT2D eigenvalue weighted by Crippen LogP contribution is 2.37. The molecule has 406 valence electrons. The molecule has 2 aromatic carbocycles. The van der Waals surface area contributed by atoms with E-state index < -0.39 is 18.0 Å². The Morgan fingerprint density at radius 3 is 1.43 bits per heavy atom. The third-order valence-corrected chi connectivity index (χ3v) is 12.4. The van der Waals surface area contributed by atoms with Crippen molar-refractivity contribution in [2.45, 2.75) is 119 Å². The molecule has 2 atom stereocenters. The molecule has 4 heterocycles. The summed E-state index contributed by atoms with van der Waals surface area (Å²) >= 11 is 6.60. The number of halogens is 2. The fourth-order valence-electron chi connectivity index (χ4n) is 7.42. The molecule has 0 fully saturated rings. The molecular weight excluding hydrogens is 971 g/mol. The summed E-state index contributed by atoms with van der Waals surface area (Å²) in [5.41, 5.74) is 6.23. The minimum absolute atomic E-state index is 0.0626. The van der Waals surface area contributed by atoms with Crippen LogP contribution < -0.4 is 30.7 Å². The molecule has 0 saturated heterocycles. The molecule has 0 radical (unpaired) electrons. The zero-order valence-corrected chi connectivity index (χ0v) is 46.8. The highest BCUT2D eigenvalue weighted by atomic mass is 35.5. The number of likely N-dealkylation sites (N-methyl/N-ethyl adjacent to an activating group) is 2. The summed E-state index contributed by atoms with van der Waals surface area (Å²) in [4.78, 5) is 19.1. The van der Waals surface area contributed by atoms with E-state index in [1.54, 1.807) is 52.6 Å². The summed E-state index contributed by atoms with van der Waals surface area (Å²) in [7, 11) is 6.90. The number of rotatable bonds is 24. The van der Waals surface area contributed by atoms with Gasteiger partial charge in [0, 0.05) is 57.1 Å². The number of aliphatic hydroxyl groups excluding tert-OH is 2. The van der Waals surface area contributed by atoms with Gasteiger partial charge >= 0.3 is 0 Å². The molecule has 0 bridgehead atoms. The van der Waals surface area contributed by atoms with Gasteiger partial charge in [-0.05, 0) is 133 Å². The highest BCUT2D eigenvalue weighted by molar-refractivity contribution is 6.33. The van der Waals surface area contributed by atoms with Crippen LogP contribution in [-0.2, 0) is 9.47 Å². The van der Waals surface area contributed by atoms with Crippen molar-refractivity contribution in [3.8, 4) is 56.8 Å². The van der Waals surface area contributed by atoms with Gasteiger partial charge in [-0.1, -0.05) is 35.8 Å². The molecular formula is C54H78ClFN10O8. The van der Waals surface area contributed by atoms with Crippen molar-refractivity contribution < 1.29 is 42.6 Å². The molecule has 0 saturated carbocycles. The maximum Gasteiger partial charge on any atom is 0.165 e. The molecule has 0 aliphatic rings. The third-order valence-electron chi connectivity index (χ3n) is 12.1. The molecule has 6 aromatic rings. The van der Waals surface area contributed by atoms with E-state index in [1.165, 1.54) is 12.1 Å². The number of aliphatic hydroxyl groups is 2. The van der Waals surface area contributed by atoms with Crippen LogP contribution in [-0.4, -0.2) is 132 Å². The fraction of sp³-hybridized carbons (Fsp3) is 0.519. The molecule has 20 heteroatoms. The number of aryl methyl sites for hydroxylation is 4. The number of ether oxygens (including phenoxy) is 4. The number of nitrogens with one attached hydrogen (secondary N) is 4. The van der Waals surface area contributed by atoms with Gasteiger partial charge in [0.1, 0.15) is 65.9 Å². The van der Waals surface area contributed by atoms with Crippen molar-refractivity contribution in [2.75, 3.05) is 78.3 Å². The van der Waals surface area contributed by atoms with Gasteiger partial charge in [0.15, 0.2) is 11.6 Å². The van der Waals surface area contributed by atoms with E-state index in [2.05, 4.69) is 36.6 Å². The Balaban J connectivity index is 0.000000310. The highest BCUT2D eigenvalue weighted by Gasteiger charge is 2.25. The van der Waals surface area contributed by atoms with E-state index in [4.69, 9.17) is 54.5 Å². The normalized spacial score (nSPS) is 12.3. The summed E-state index contributed by atoms with van der Waals surface area (Å²) in [6.45, 7) is 25.7. The van der Waals surface area contributed by atoms with Gasteiger partial charge in [0.05, 0.1) is 55.7 Å². The van der Waals surface area contributed by atoms with Crippen molar-refractivity contribution in [3.05, 3.63) is 81.3 Å². The van der Waals surface area contributed by atoms with Crippen LogP contribution in [0, 0.1) is 47.4 Å². The number of hydrogen-bond acceptors (Lipinski definition) is 18. The lowest BCUT2D eigenvalue weighted by Crippen LogP contribution is -2.29. The van der Waals surface area contributed by atoms with E-state index >= 15 is 4.39 Å². The largest absolute Gasteiger partial charge is 0.491 e. The molecule has 74 heavy (non-hydrogen) atoms. The molecule has 0 amide bonds. The molecule has 6 rings (SSSR count). The van der Waals surface area contributed by atoms with Gasteiger partial charge in [0.2, 0.25) is 0 Å². The molecule has 4 aromatic heterocycles. The van der Waals surface area contributed by atoms with Gasteiger partial charge in [-0.2, -0.15) is 0 Å². The number of methoxy groups -OCH3 is 2. The van der Waals surface area contributed by atoms with Crippen LogP contribution in [0.3, 0.4) is 0 Å². The first-order chi connectivity index (χ1) is 35.1. The zero-order valence-electron chi connectivity index (χ0n) is 46.1. The van der Waals surface area contributed by atoms with Crippen molar-refractivity contribution >= 4 is 23.2 Å². The van der Waals surface area contributed by atoms with Gasteiger partial charge in [0.25, 0.3) is 0 Å². The van der Waals surface area contributed by atoms with E-state index in [0.29, 0.717) is 88.6 Å². The molecule has 0 aliphatic heterocycles. The lowest BCUT2D eigenvalue weighted by Gasteiger charge is -2.23. The van der Waals surface area contributed by atoms with Crippen LogP contribution in [0.5, 0.6) is 11.5 Å².